The molecule has 0 spiro atoms. The van der Waals surface area contributed by atoms with Crippen LogP contribution in [0.25, 0.3) is 0 Å². The van der Waals surface area contributed by atoms with E-state index in [1.54, 1.807) is 6.08 Å². The van der Waals surface area contributed by atoms with E-state index < -0.39 is 0 Å². The first-order valence-corrected chi connectivity index (χ1v) is 7.35. The van der Waals surface area contributed by atoms with Gasteiger partial charge in [0.1, 0.15) is 3.72 Å². The second-order valence-electron chi connectivity index (χ2n) is 4.50. The highest BCUT2D eigenvalue weighted by atomic mass is 127. The number of benzene rings is 1. The maximum absolute atomic E-state index is 4.68. The van der Waals surface area contributed by atoms with Crippen LogP contribution in [0.5, 0.6) is 0 Å². The fraction of sp³-hybridized carbons (Fsp3) is 0.235. The highest BCUT2D eigenvalue weighted by Crippen LogP contribution is 2.21. The van der Waals surface area contributed by atoms with E-state index >= 15 is 0 Å². The fourth-order valence-electron chi connectivity index (χ4n) is 2.10. The van der Waals surface area contributed by atoms with E-state index in [0.717, 1.165) is 9.42 Å². The maximum Gasteiger partial charge on any atom is 0.109 e. The Balaban J connectivity index is 3.30. The summed E-state index contributed by atoms with van der Waals surface area (Å²) < 4.78 is 1.01. The Hall–Kier alpha value is -1.16. The first-order chi connectivity index (χ1) is 8.99. The van der Waals surface area contributed by atoms with E-state index in [-0.39, 0.29) is 0 Å². The van der Waals surface area contributed by atoms with Gasteiger partial charge in [-0.05, 0) is 73.6 Å². The first kappa shape index (κ1) is 15.9. The first-order valence-electron chi connectivity index (χ1n) is 6.27. The van der Waals surface area contributed by atoms with Crippen LogP contribution in [0.1, 0.15) is 29.2 Å². The number of hydrogen-bond acceptors (Lipinski definition) is 1. The van der Waals surface area contributed by atoms with Crippen molar-refractivity contribution in [1.82, 2.24) is 0 Å². The van der Waals surface area contributed by atoms with E-state index in [1.165, 1.54) is 22.3 Å². The molecule has 0 amide bonds. The molecule has 0 fully saturated rings. The summed E-state index contributed by atoms with van der Waals surface area (Å²) in [6.07, 6.45) is 7.64. The zero-order chi connectivity index (χ0) is 14.4. The van der Waals surface area contributed by atoms with Crippen molar-refractivity contribution in [3.63, 3.8) is 0 Å². The molecule has 0 radical (unpaired) electrons. The lowest BCUT2D eigenvalue weighted by Gasteiger charge is -2.10. The third kappa shape index (κ3) is 4.46. The molecule has 1 nitrogen and oxygen atoms in total. The molecule has 1 aromatic carbocycles. The van der Waals surface area contributed by atoms with Crippen LogP contribution in [0.3, 0.4) is 0 Å². The Labute approximate surface area is 130 Å². The summed E-state index contributed by atoms with van der Waals surface area (Å²) in [5.41, 5.74) is 5.97. The molecule has 0 aromatic heterocycles. The molecule has 19 heavy (non-hydrogen) atoms. The number of hydrogen-bond donors (Lipinski definition) is 0. The summed E-state index contributed by atoms with van der Waals surface area (Å²) in [6, 6.07) is 4.39. The van der Waals surface area contributed by atoms with Crippen LogP contribution in [-0.4, -0.2) is 3.72 Å². The molecule has 0 saturated carbocycles. The van der Waals surface area contributed by atoms with Gasteiger partial charge in [-0.2, -0.15) is 0 Å². The van der Waals surface area contributed by atoms with Gasteiger partial charge in [0, 0.05) is 5.56 Å². The molecule has 0 saturated heterocycles. The average Bonchev–Trinajstić information content (AvgIpc) is 2.27. The minimum absolute atomic E-state index is 0.918. The summed E-state index contributed by atoms with van der Waals surface area (Å²) in [4.78, 5) is 4.68. The number of allylic oxidation sites excluding steroid dienone is 4. The van der Waals surface area contributed by atoms with Gasteiger partial charge < -0.3 is 0 Å². The molecule has 1 rings (SSSR count). The number of aliphatic imine (C=N–C) groups is 1. The Morgan fingerprint density at radius 1 is 1.21 bits per heavy atom. The summed E-state index contributed by atoms with van der Waals surface area (Å²) in [6.45, 7) is 12.1. The number of rotatable bonds is 4. The Morgan fingerprint density at radius 3 is 2.26 bits per heavy atom. The lowest BCUT2D eigenvalue weighted by Crippen LogP contribution is -2.00. The highest BCUT2D eigenvalue weighted by Gasteiger charge is 2.08. The van der Waals surface area contributed by atoms with Crippen LogP contribution in [-0.2, 0) is 0 Å². The zero-order valence-corrected chi connectivity index (χ0v) is 14.2. The zero-order valence-electron chi connectivity index (χ0n) is 12.0. The standard InChI is InChI=1S/C17H20IN/c1-6-8-15(9-7-2)19-17(18)16-13(4)10-12(3)11-14(16)5/h6-11H,1H2,2-5H3/b9-7-,15-8+,19-17?. The normalized spacial score (nSPS) is 13.1. The van der Waals surface area contributed by atoms with Crippen LogP contribution in [0.2, 0.25) is 0 Å². The molecule has 1 aromatic rings. The van der Waals surface area contributed by atoms with Crippen LogP contribution in [0, 0.1) is 20.8 Å². The topological polar surface area (TPSA) is 12.4 Å². The van der Waals surface area contributed by atoms with E-state index in [0.29, 0.717) is 0 Å². The van der Waals surface area contributed by atoms with Crippen LogP contribution in [0.4, 0.5) is 0 Å². The third-order valence-corrected chi connectivity index (χ3v) is 3.52. The molecule has 0 unspecified atom stereocenters. The van der Waals surface area contributed by atoms with Crippen LogP contribution in [0.15, 0.2) is 53.7 Å². The molecule has 0 atom stereocenters. The van der Waals surface area contributed by atoms with Gasteiger partial charge in [0.05, 0.1) is 5.70 Å². The predicted octanol–water partition coefficient (Wildman–Crippen LogP) is 5.44. The van der Waals surface area contributed by atoms with Crippen molar-refractivity contribution in [3.05, 3.63) is 71.0 Å². The SMILES string of the molecule is C=C/C=C(\C=C/C)N=C(I)c1c(C)cc(C)cc1C. The quantitative estimate of drug-likeness (QED) is 0.383. The average molecular weight is 365 g/mol. The Kier molecular flexibility index (Phi) is 6.22. The number of nitrogens with zero attached hydrogens (tertiary/aromatic N) is 1. The number of halogens is 1. The van der Waals surface area contributed by atoms with Crippen molar-refractivity contribution in [2.24, 2.45) is 4.99 Å². The van der Waals surface area contributed by atoms with Crippen molar-refractivity contribution in [3.8, 4) is 0 Å². The molecular formula is C17H20IN. The molecule has 100 valence electrons. The minimum atomic E-state index is 0.918. The summed E-state index contributed by atoms with van der Waals surface area (Å²) in [5.74, 6) is 0. The van der Waals surface area contributed by atoms with E-state index in [2.05, 4.69) is 67.1 Å². The van der Waals surface area contributed by atoms with Gasteiger partial charge in [0.15, 0.2) is 0 Å². The van der Waals surface area contributed by atoms with Crippen LogP contribution >= 0.6 is 22.6 Å². The lowest BCUT2D eigenvalue weighted by atomic mass is 10.0. The lowest BCUT2D eigenvalue weighted by molar-refractivity contribution is 1.30. The predicted molar refractivity (Wildman–Crippen MR) is 94.3 cm³/mol. The van der Waals surface area contributed by atoms with E-state index in [1.807, 2.05) is 25.2 Å². The van der Waals surface area contributed by atoms with Crippen molar-refractivity contribution < 1.29 is 0 Å². The van der Waals surface area contributed by atoms with Crippen molar-refractivity contribution >= 4 is 26.3 Å². The van der Waals surface area contributed by atoms with Gasteiger partial charge in [-0.3, -0.25) is 0 Å². The summed E-state index contributed by atoms with van der Waals surface area (Å²) in [5, 5.41) is 0. The smallest absolute Gasteiger partial charge is 0.109 e. The second kappa shape index (κ2) is 7.43. The largest absolute Gasteiger partial charge is 0.242 e. The molecular weight excluding hydrogens is 345 g/mol. The van der Waals surface area contributed by atoms with Gasteiger partial charge in [-0.1, -0.05) is 36.4 Å². The van der Waals surface area contributed by atoms with Gasteiger partial charge >= 0.3 is 0 Å². The van der Waals surface area contributed by atoms with Crippen LogP contribution < -0.4 is 0 Å². The second-order valence-corrected chi connectivity index (χ2v) is 5.53. The van der Waals surface area contributed by atoms with E-state index in [9.17, 15) is 0 Å². The fourth-order valence-corrected chi connectivity index (χ4v) is 3.23. The molecule has 0 aliphatic heterocycles. The van der Waals surface area contributed by atoms with Crippen molar-refractivity contribution in [2.75, 3.05) is 0 Å². The molecule has 0 bridgehead atoms. The summed E-state index contributed by atoms with van der Waals surface area (Å²) >= 11 is 2.31. The van der Waals surface area contributed by atoms with Crippen molar-refractivity contribution in [2.45, 2.75) is 27.7 Å². The third-order valence-electron chi connectivity index (χ3n) is 2.74. The van der Waals surface area contributed by atoms with Gasteiger partial charge in [0.25, 0.3) is 0 Å². The molecule has 0 N–H and O–H groups in total. The molecule has 0 aliphatic carbocycles. The van der Waals surface area contributed by atoms with Gasteiger partial charge in [-0.25, -0.2) is 4.99 Å². The molecule has 0 aliphatic rings. The molecule has 2 heteroatoms. The molecule has 0 heterocycles. The van der Waals surface area contributed by atoms with Gasteiger partial charge in [-0.15, -0.1) is 0 Å². The highest BCUT2D eigenvalue weighted by molar-refractivity contribution is 14.1. The monoisotopic (exact) mass is 365 g/mol. The van der Waals surface area contributed by atoms with Gasteiger partial charge in [0.2, 0.25) is 0 Å². The number of aryl methyl sites for hydroxylation is 3. The Morgan fingerprint density at radius 2 is 1.79 bits per heavy atom. The Bertz CT molecular complexity index is 540. The maximum atomic E-state index is 4.68. The minimum Gasteiger partial charge on any atom is -0.242 e. The van der Waals surface area contributed by atoms with E-state index in [4.69, 9.17) is 0 Å². The van der Waals surface area contributed by atoms with Crippen molar-refractivity contribution in [1.29, 1.82) is 0 Å². The summed E-state index contributed by atoms with van der Waals surface area (Å²) in [7, 11) is 0.